The predicted molar refractivity (Wildman–Crippen MR) is 34.3 cm³/mol. The monoisotopic (exact) mass is 109 g/mol. The average molecular weight is 109 g/mol. The molecule has 2 bridgehead atoms. The first-order valence-electron chi connectivity index (χ1n) is 3.47. The third-order valence-corrected chi connectivity index (χ3v) is 2.24. The van der Waals surface area contributed by atoms with Crippen LogP contribution < -0.4 is 0 Å². The maximum absolute atomic E-state index is 4.41. The molecule has 1 heterocycles. The van der Waals surface area contributed by atoms with E-state index in [0.29, 0.717) is 0 Å². The minimum atomic E-state index is 1.03. The summed E-state index contributed by atoms with van der Waals surface area (Å²) in [5.74, 6) is 1.03. The fourth-order valence-electron chi connectivity index (χ4n) is 1.70. The van der Waals surface area contributed by atoms with E-state index >= 15 is 0 Å². The zero-order valence-electron chi connectivity index (χ0n) is 5.06. The molecule has 0 aromatic heterocycles. The highest BCUT2D eigenvalue weighted by Crippen LogP contribution is 2.29. The van der Waals surface area contributed by atoms with Crippen LogP contribution in [-0.2, 0) is 0 Å². The summed E-state index contributed by atoms with van der Waals surface area (Å²) in [6.45, 7) is 1.12. The van der Waals surface area contributed by atoms with Crippen molar-refractivity contribution < 1.29 is 0 Å². The molecule has 1 saturated carbocycles. The fourth-order valence-corrected chi connectivity index (χ4v) is 1.70. The summed E-state index contributed by atoms with van der Waals surface area (Å²) >= 11 is 0. The van der Waals surface area contributed by atoms with Crippen molar-refractivity contribution in [2.75, 3.05) is 6.54 Å². The van der Waals surface area contributed by atoms with Gasteiger partial charge >= 0.3 is 0 Å². The summed E-state index contributed by atoms with van der Waals surface area (Å²) in [6, 6.07) is 0. The lowest BCUT2D eigenvalue weighted by atomic mass is 10.0. The molecule has 0 aromatic rings. The summed E-state index contributed by atoms with van der Waals surface area (Å²) < 4.78 is 0. The molecular formula is C7H11N. The van der Waals surface area contributed by atoms with Gasteiger partial charge in [-0.2, -0.15) is 0 Å². The third kappa shape index (κ3) is 0.575. The molecule has 2 aliphatic rings. The highest BCUT2D eigenvalue weighted by atomic mass is 14.8. The Kier molecular flexibility index (Phi) is 0.893. The van der Waals surface area contributed by atoms with E-state index in [2.05, 4.69) is 4.99 Å². The minimum Gasteiger partial charge on any atom is -0.294 e. The van der Waals surface area contributed by atoms with Crippen molar-refractivity contribution in [2.24, 2.45) is 10.9 Å². The molecule has 0 spiro atoms. The highest BCUT2D eigenvalue weighted by molar-refractivity contribution is 5.87. The average Bonchev–Trinajstić information content (AvgIpc) is 2.12. The number of fused-ring (bicyclic) bond motifs is 2. The second-order valence-electron chi connectivity index (χ2n) is 2.85. The van der Waals surface area contributed by atoms with E-state index in [0.717, 1.165) is 12.5 Å². The summed E-state index contributed by atoms with van der Waals surface area (Å²) in [7, 11) is 0. The van der Waals surface area contributed by atoms with Gasteiger partial charge in [0.25, 0.3) is 0 Å². The van der Waals surface area contributed by atoms with E-state index in [9.17, 15) is 0 Å². The van der Waals surface area contributed by atoms with Crippen molar-refractivity contribution in [3.63, 3.8) is 0 Å². The molecule has 44 valence electrons. The van der Waals surface area contributed by atoms with Crippen LogP contribution in [-0.4, -0.2) is 12.3 Å². The molecule has 1 aliphatic heterocycles. The van der Waals surface area contributed by atoms with E-state index < -0.39 is 0 Å². The van der Waals surface area contributed by atoms with Gasteiger partial charge in [-0.15, -0.1) is 0 Å². The molecular weight excluding hydrogens is 98.1 g/mol. The first kappa shape index (κ1) is 4.54. The van der Waals surface area contributed by atoms with Gasteiger partial charge in [0.15, 0.2) is 0 Å². The summed E-state index contributed by atoms with van der Waals surface area (Å²) in [6.07, 6.45) is 5.44. The van der Waals surface area contributed by atoms with Gasteiger partial charge in [0.05, 0.1) is 0 Å². The first-order valence-corrected chi connectivity index (χ1v) is 3.47. The van der Waals surface area contributed by atoms with E-state index in [1.807, 2.05) is 0 Å². The molecule has 1 aliphatic carbocycles. The van der Waals surface area contributed by atoms with Crippen LogP contribution in [0.4, 0.5) is 0 Å². The van der Waals surface area contributed by atoms with Crippen molar-refractivity contribution in [1.29, 1.82) is 0 Å². The van der Waals surface area contributed by atoms with Gasteiger partial charge in [0.1, 0.15) is 0 Å². The van der Waals surface area contributed by atoms with Crippen LogP contribution >= 0.6 is 0 Å². The maximum atomic E-state index is 4.41. The molecule has 0 amide bonds. The fraction of sp³-hybridized carbons (Fsp3) is 0.857. The molecule has 8 heavy (non-hydrogen) atoms. The van der Waals surface area contributed by atoms with Gasteiger partial charge < -0.3 is 0 Å². The lowest BCUT2D eigenvalue weighted by Gasteiger charge is -2.08. The standard InChI is InChI=1S/C7H11N/c1-2-7-5-6(1)3-4-8-7/h6H,1-5H2. The van der Waals surface area contributed by atoms with Crippen LogP contribution in [0, 0.1) is 5.92 Å². The maximum Gasteiger partial charge on any atom is 0.0391 e. The van der Waals surface area contributed by atoms with Gasteiger partial charge in [-0.3, -0.25) is 4.99 Å². The highest BCUT2D eigenvalue weighted by Gasteiger charge is 2.22. The van der Waals surface area contributed by atoms with Crippen molar-refractivity contribution in [2.45, 2.75) is 25.7 Å². The van der Waals surface area contributed by atoms with Crippen LogP contribution in [0.25, 0.3) is 0 Å². The molecule has 1 fully saturated rings. The molecule has 1 nitrogen and oxygen atoms in total. The van der Waals surface area contributed by atoms with Gasteiger partial charge in [-0.05, 0) is 31.6 Å². The van der Waals surface area contributed by atoms with Crippen LogP contribution in [0.1, 0.15) is 25.7 Å². The van der Waals surface area contributed by atoms with Gasteiger partial charge in [0.2, 0.25) is 0 Å². The molecule has 0 N–H and O–H groups in total. The van der Waals surface area contributed by atoms with Crippen LogP contribution in [0.5, 0.6) is 0 Å². The first-order chi connectivity index (χ1) is 3.95. The Hall–Kier alpha value is -0.330. The Morgan fingerprint density at radius 1 is 1.38 bits per heavy atom. The van der Waals surface area contributed by atoms with Gasteiger partial charge in [-0.1, -0.05) is 0 Å². The summed E-state index contributed by atoms with van der Waals surface area (Å²) in [5, 5.41) is 0. The summed E-state index contributed by atoms with van der Waals surface area (Å²) in [5.41, 5.74) is 1.50. The van der Waals surface area contributed by atoms with Gasteiger partial charge in [0, 0.05) is 12.3 Å². The quantitative estimate of drug-likeness (QED) is 0.448. The number of hydrogen-bond donors (Lipinski definition) is 0. The van der Waals surface area contributed by atoms with Crippen molar-refractivity contribution >= 4 is 5.71 Å². The van der Waals surface area contributed by atoms with Gasteiger partial charge in [-0.25, -0.2) is 0 Å². The Labute approximate surface area is 49.8 Å². The van der Waals surface area contributed by atoms with E-state index in [4.69, 9.17) is 0 Å². The van der Waals surface area contributed by atoms with E-state index in [-0.39, 0.29) is 0 Å². The van der Waals surface area contributed by atoms with Crippen LogP contribution in [0.3, 0.4) is 0 Å². The molecule has 1 heteroatoms. The Morgan fingerprint density at radius 3 is 3.12 bits per heavy atom. The zero-order chi connectivity index (χ0) is 5.40. The molecule has 0 radical (unpaired) electrons. The summed E-state index contributed by atoms with van der Waals surface area (Å²) in [4.78, 5) is 4.41. The third-order valence-electron chi connectivity index (χ3n) is 2.24. The van der Waals surface area contributed by atoms with E-state index in [1.165, 1.54) is 31.4 Å². The Morgan fingerprint density at radius 2 is 2.38 bits per heavy atom. The smallest absolute Gasteiger partial charge is 0.0391 e. The number of aliphatic imine (C=N–C) groups is 1. The lowest BCUT2D eigenvalue weighted by Crippen LogP contribution is -2.04. The SMILES string of the molecule is C1CC2CCC(=N1)C2. The normalized spacial score (nSPS) is 35.0. The van der Waals surface area contributed by atoms with Crippen molar-refractivity contribution in [1.82, 2.24) is 0 Å². The van der Waals surface area contributed by atoms with E-state index in [1.54, 1.807) is 0 Å². The Bertz CT molecular complexity index is 124. The van der Waals surface area contributed by atoms with Crippen molar-refractivity contribution in [3.8, 4) is 0 Å². The number of nitrogens with zero attached hydrogens (tertiary/aromatic N) is 1. The number of hydrogen-bond acceptors (Lipinski definition) is 1. The molecule has 0 aromatic carbocycles. The van der Waals surface area contributed by atoms with Crippen LogP contribution in [0.2, 0.25) is 0 Å². The second kappa shape index (κ2) is 1.57. The minimum absolute atomic E-state index is 1.03. The topological polar surface area (TPSA) is 12.4 Å². The largest absolute Gasteiger partial charge is 0.294 e. The van der Waals surface area contributed by atoms with Crippen LogP contribution in [0.15, 0.2) is 4.99 Å². The predicted octanol–water partition coefficient (Wildman–Crippen LogP) is 1.63. The molecule has 1 unspecified atom stereocenters. The molecule has 2 rings (SSSR count). The second-order valence-corrected chi connectivity index (χ2v) is 2.85. The lowest BCUT2D eigenvalue weighted by molar-refractivity contribution is 0.514. The molecule has 0 saturated heterocycles. The zero-order valence-corrected chi connectivity index (χ0v) is 5.06. The Balaban J connectivity index is 2.22. The molecule has 1 atom stereocenters. The number of rotatable bonds is 0. The van der Waals surface area contributed by atoms with Crippen molar-refractivity contribution in [3.05, 3.63) is 0 Å².